The van der Waals surface area contributed by atoms with Crippen LogP contribution < -0.4 is 10.6 Å². The molecule has 1 fully saturated rings. The predicted octanol–water partition coefficient (Wildman–Crippen LogP) is 0.464. The van der Waals surface area contributed by atoms with Crippen LogP contribution in [0.2, 0.25) is 0 Å². The lowest BCUT2D eigenvalue weighted by Crippen LogP contribution is -2.52. The van der Waals surface area contributed by atoms with E-state index in [9.17, 15) is 9.59 Å². The first kappa shape index (κ1) is 13.2. The summed E-state index contributed by atoms with van der Waals surface area (Å²) < 4.78 is 0. The van der Waals surface area contributed by atoms with Crippen molar-refractivity contribution in [3.8, 4) is 11.3 Å². The smallest absolute Gasteiger partial charge is 0.247 e. The first-order chi connectivity index (χ1) is 10.1. The van der Waals surface area contributed by atoms with E-state index in [2.05, 4.69) is 10.2 Å². The molecule has 3 N–H and O–H groups in total. The molecule has 0 unspecified atom stereocenters. The van der Waals surface area contributed by atoms with Gasteiger partial charge in [-0.2, -0.15) is 5.10 Å². The number of H-pyrrole nitrogens is 1. The maximum Gasteiger partial charge on any atom is 0.247 e. The quantitative estimate of drug-likeness (QED) is 0.838. The fourth-order valence-electron chi connectivity index (χ4n) is 2.35. The molecule has 2 heterocycles. The van der Waals surface area contributed by atoms with Gasteiger partial charge in [-0.25, -0.2) is 0 Å². The van der Waals surface area contributed by atoms with Crippen LogP contribution in [0.15, 0.2) is 30.3 Å². The molecule has 2 amide bonds. The van der Waals surface area contributed by atoms with Crippen molar-refractivity contribution in [1.29, 1.82) is 0 Å². The summed E-state index contributed by atoms with van der Waals surface area (Å²) in [5, 5.41) is 6.73. The Labute approximate surface area is 121 Å². The number of nitrogens with one attached hydrogen (secondary N) is 1. The van der Waals surface area contributed by atoms with Crippen molar-refractivity contribution in [3.63, 3.8) is 0 Å². The summed E-state index contributed by atoms with van der Waals surface area (Å²) in [7, 11) is 1.62. The highest BCUT2D eigenvalue weighted by molar-refractivity contribution is 6.06. The van der Waals surface area contributed by atoms with Gasteiger partial charge in [0.05, 0.1) is 17.9 Å². The molecular weight excluding hydrogens is 270 g/mol. The molecule has 1 aromatic carbocycles. The molecule has 1 aliphatic rings. The third-order valence-corrected chi connectivity index (χ3v) is 3.48. The number of nitrogens with zero attached hydrogens (tertiary/aromatic N) is 3. The second-order valence-electron chi connectivity index (χ2n) is 4.95. The highest BCUT2D eigenvalue weighted by Crippen LogP contribution is 2.31. The van der Waals surface area contributed by atoms with Crippen LogP contribution in [-0.2, 0) is 9.59 Å². The number of rotatable bonds is 2. The summed E-state index contributed by atoms with van der Waals surface area (Å²) in [4.78, 5) is 27.0. The fraction of sp³-hybridized carbons (Fsp3) is 0.214. The first-order valence-corrected chi connectivity index (χ1v) is 6.51. The molecule has 1 aliphatic heterocycles. The first-order valence-electron chi connectivity index (χ1n) is 6.51. The maximum atomic E-state index is 12.2. The van der Waals surface area contributed by atoms with Crippen molar-refractivity contribution < 1.29 is 9.59 Å². The van der Waals surface area contributed by atoms with Crippen LogP contribution in [0, 0.1) is 0 Å². The largest absolute Gasteiger partial charge is 0.382 e. The van der Waals surface area contributed by atoms with E-state index in [0.29, 0.717) is 17.2 Å². The molecule has 0 saturated carbocycles. The average Bonchev–Trinajstić information content (AvgIpc) is 2.89. The van der Waals surface area contributed by atoms with E-state index in [1.54, 1.807) is 13.1 Å². The van der Waals surface area contributed by atoms with Gasteiger partial charge in [-0.1, -0.05) is 18.2 Å². The minimum atomic E-state index is -0.114. The van der Waals surface area contributed by atoms with Crippen LogP contribution in [0.3, 0.4) is 0 Å². The number of anilines is 2. The van der Waals surface area contributed by atoms with E-state index in [1.165, 1.54) is 9.80 Å². The number of aromatic nitrogens is 2. The summed E-state index contributed by atoms with van der Waals surface area (Å²) in [6, 6.07) is 9.05. The highest BCUT2D eigenvalue weighted by atomic mass is 16.2. The van der Waals surface area contributed by atoms with Crippen molar-refractivity contribution in [2.45, 2.75) is 0 Å². The molecular formula is C14H15N5O2. The van der Waals surface area contributed by atoms with Gasteiger partial charge < -0.3 is 15.5 Å². The average molecular weight is 285 g/mol. The third-order valence-electron chi connectivity index (χ3n) is 3.48. The van der Waals surface area contributed by atoms with Crippen molar-refractivity contribution in [1.82, 2.24) is 15.1 Å². The zero-order valence-corrected chi connectivity index (χ0v) is 11.5. The zero-order valence-electron chi connectivity index (χ0n) is 11.5. The summed E-state index contributed by atoms with van der Waals surface area (Å²) in [5.41, 5.74) is 7.80. The summed E-state index contributed by atoms with van der Waals surface area (Å²) in [5.74, 6) is 0.172. The van der Waals surface area contributed by atoms with Gasteiger partial charge >= 0.3 is 0 Å². The van der Waals surface area contributed by atoms with E-state index in [1.807, 2.05) is 24.3 Å². The van der Waals surface area contributed by atoms with Gasteiger partial charge in [0.25, 0.3) is 0 Å². The molecule has 7 heteroatoms. The van der Waals surface area contributed by atoms with Crippen LogP contribution in [0.5, 0.6) is 0 Å². The highest BCUT2D eigenvalue weighted by Gasteiger charge is 2.30. The molecule has 0 spiro atoms. The van der Waals surface area contributed by atoms with Crippen LogP contribution >= 0.6 is 0 Å². The molecule has 0 bridgehead atoms. The summed E-state index contributed by atoms with van der Waals surface area (Å²) in [6.07, 6.45) is 0. The lowest BCUT2D eigenvalue weighted by atomic mass is 10.1. The van der Waals surface area contributed by atoms with Gasteiger partial charge in [0, 0.05) is 18.7 Å². The Kier molecular flexibility index (Phi) is 3.09. The number of likely N-dealkylation sites (N-methyl/N-ethyl adjacent to an activating group) is 1. The van der Waals surface area contributed by atoms with Gasteiger partial charge in [-0.05, 0) is 6.07 Å². The van der Waals surface area contributed by atoms with Gasteiger partial charge in [0.1, 0.15) is 12.4 Å². The van der Waals surface area contributed by atoms with E-state index in [4.69, 9.17) is 5.73 Å². The minimum Gasteiger partial charge on any atom is -0.382 e. The Morgan fingerprint density at radius 3 is 2.67 bits per heavy atom. The molecule has 0 atom stereocenters. The minimum absolute atomic E-state index is 0.0377. The second-order valence-corrected chi connectivity index (χ2v) is 4.95. The summed E-state index contributed by atoms with van der Waals surface area (Å²) in [6.45, 7) is 0.119. The van der Waals surface area contributed by atoms with Crippen LogP contribution in [-0.4, -0.2) is 47.0 Å². The van der Waals surface area contributed by atoms with Gasteiger partial charge in [-0.15, -0.1) is 0 Å². The van der Waals surface area contributed by atoms with Crippen molar-refractivity contribution in [2.75, 3.05) is 30.8 Å². The Hall–Kier alpha value is -2.83. The van der Waals surface area contributed by atoms with E-state index in [-0.39, 0.29) is 24.9 Å². The van der Waals surface area contributed by atoms with Gasteiger partial charge in [0.15, 0.2) is 0 Å². The molecule has 2 aromatic rings. The Morgan fingerprint density at radius 2 is 1.95 bits per heavy atom. The number of benzene rings is 1. The number of nitrogens with two attached hydrogens (primary N) is 1. The van der Waals surface area contributed by atoms with E-state index < -0.39 is 0 Å². The zero-order chi connectivity index (χ0) is 15.0. The lowest BCUT2D eigenvalue weighted by Gasteiger charge is -2.32. The topological polar surface area (TPSA) is 95.3 Å². The number of nitrogen functional groups attached to an aromatic ring is 1. The van der Waals surface area contributed by atoms with Crippen molar-refractivity contribution in [2.24, 2.45) is 0 Å². The Bertz CT molecular complexity index is 709. The third kappa shape index (κ3) is 2.33. The van der Waals surface area contributed by atoms with Gasteiger partial charge in [-0.3, -0.25) is 14.7 Å². The molecule has 1 saturated heterocycles. The number of piperazine rings is 1. The maximum absolute atomic E-state index is 12.2. The molecule has 7 nitrogen and oxygen atoms in total. The number of hydrogen-bond acceptors (Lipinski definition) is 4. The van der Waals surface area contributed by atoms with Crippen LogP contribution in [0.25, 0.3) is 11.3 Å². The second kappa shape index (κ2) is 4.93. The van der Waals surface area contributed by atoms with Crippen LogP contribution in [0.4, 0.5) is 11.5 Å². The number of aromatic amines is 1. The Morgan fingerprint density at radius 1 is 1.19 bits per heavy atom. The number of para-hydroxylation sites is 1. The molecule has 3 rings (SSSR count). The monoisotopic (exact) mass is 285 g/mol. The van der Waals surface area contributed by atoms with Gasteiger partial charge in [0.2, 0.25) is 11.8 Å². The molecule has 0 radical (unpaired) electrons. The predicted molar refractivity (Wildman–Crippen MR) is 78.4 cm³/mol. The number of hydrogen-bond donors (Lipinski definition) is 2. The standard InChI is InChI=1S/C14H15N5O2/c1-18-7-14(21)19(8-13(18)20)11-5-3-2-4-9(11)10-6-12(15)17-16-10/h2-6H,7-8H2,1H3,(H3,15,16,17). The molecule has 0 aliphatic carbocycles. The lowest BCUT2D eigenvalue weighted by molar-refractivity contribution is -0.136. The normalized spacial score (nSPS) is 15.7. The number of amides is 2. The fourth-order valence-corrected chi connectivity index (χ4v) is 2.35. The number of carbonyl (C=O) groups is 2. The van der Waals surface area contributed by atoms with Crippen molar-refractivity contribution in [3.05, 3.63) is 30.3 Å². The van der Waals surface area contributed by atoms with E-state index in [0.717, 1.165) is 5.56 Å². The summed E-state index contributed by atoms with van der Waals surface area (Å²) >= 11 is 0. The number of carbonyl (C=O) groups excluding carboxylic acids is 2. The van der Waals surface area contributed by atoms with Crippen LogP contribution in [0.1, 0.15) is 0 Å². The van der Waals surface area contributed by atoms with Crippen molar-refractivity contribution >= 4 is 23.3 Å². The van der Waals surface area contributed by atoms with E-state index >= 15 is 0 Å². The Balaban J connectivity index is 2.03. The molecule has 108 valence electrons. The molecule has 21 heavy (non-hydrogen) atoms. The molecule has 1 aromatic heterocycles. The SMILES string of the molecule is CN1CC(=O)N(c2ccccc2-c2cc(N)n[nH]2)CC1=O.